The lowest BCUT2D eigenvalue weighted by molar-refractivity contribution is -0.119. The molecule has 2 aromatic heterocycles. The van der Waals surface area contributed by atoms with Crippen molar-refractivity contribution < 1.29 is 4.79 Å². The van der Waals surface area contributed by atoms with E-state index in [1.165, 1.54) is 53.3 Å². The molecule has 1 aliphatic rings. The summed E-state index contributed by atoms with van der Waals surface area (Å²) in [5.41, 5.74) is 0.0523. The van der Waals surface area contributed by atoms with E-state index in [-0.39, 0.29) is 11.5 Å². The van der Waals surface area contributed by atoms with Gasteiger partial charge in [-0.25, -0.2) is 0 Å². The van der Waals surface area contributed by atoms with Gasteiger partial charge in [0.15, 0.2) is 4.34 Å². The number of carbonyl (C=O) groups excluding carboxylic acids is 1. The lowest BCUT2D eigenvalue weighted by atomic mass is 10.1. The Morgan fingerprint density at radius 1 is 1.30 bits per heavy atom. The second-order valence-corrected chi connectivity index (χ2v) is 7.88. The van der Waals surface area contributed by atoms with E-state index >= 15 is 0 Å². The van der Waals surface area contributed by atoms with Crippen molar-refractivity contribution in [2.45, 2.75) is 55.8 Å². The van der Waals surface area contributed by atoms with Crippen LogP contribution in [0.4, 0.5) is 0 Å². The molecule has 9 heteroatoms. The molecule has 1 amide bonds. The third kappa shape index (κ3) is 4.08. The summed E-state index contributed by atoms with van der Waals surface area (Å²) in [6.07, 6.45) is 7.06. The van der Waals surface area contributed by atoms with Gasteiger partial charge in [0.25, 0.3) is 5.56 Å². The number of hydrogen-bond donors (Lipinski definition) is 1. The van der Waals surface area contributed by atoms with Crippen LogP contribution in [0.25, 0.3) is 4.96 Å². The van der Waals surface area contributed by atoms with Crippen LogP contribution < -0.4 is 10.9 Å². The SMILES string of the molecule is Cc1nnc2sc(SCC(=O)NC3CCCCCC3)nn2c1=O. The molecule has 1 fully saturated rings. The van der Waals surface area contributed by atoms with Crippen molar-refractivity contribution in [1.29, 1.82) is 0 Å². The smallest absolute Gasteiger partial charge is 0.296 e. The summed E-state index contributed by atoms with van der Waals surface area (Å²) < 4.78 is 1.90. The Hall–Kier alpha value is -1.48. The zero-order chi connectivity index (χ0) is 16.2. The molecule has 0 atom stereocenters. The monoisotopic (exact) mass is 353 g/mol. The average molecular weight is 353 g/mol. The second kappa shape index (κ2) is 7.39. The van der Waals surface area contributed by atoms with E-state index in [1.54, 1.807) is 6.92 Å². The number of aryl methyl sites for hydroxylation is 1. The maximum absolute atomic E-state index is 12.1. The topological polar surface area (TPSA) is 89.2 Å². The molecule has 2 aromatic rings. The Morgan fingerprint density at radius 2 is 2.04 bits per heavy atom. The Balaban J connectivity index is 1.58. The molecule has 23 heavy (non-hydrogen) atoms. The first-order valence-corrected chi connectivity index (χ1v) is 9.59. The highest BCUT2D eigenvalue weighted by molar-refractivity contribution is 8.01. The molecule has 1 saturated carbocycles. The summed E-state index contributed by atoms with van der Waals surface area (Å²) in [6.45, 7) is 1.61. The molecule has 3 rings (SSSR count). The Kier molecular flexibility index (Phi) is 5.27. The van der Waals surface area contributed by atoms with Crippen molar-refractivity contribution in [3.63, 3.8) is 0 Å². The molecule has 0 saturated heterocycles. The maximum Gasteiger partial charge on any atom is 0.296 e. The molecule has 1 N–H and O–H groups in total. The summed E-state index contributed by atoms with van der Waals surface area (Å²) >= 11 is 2.60. The lowest BCUT2D eigenvalue weighted by Crippen LogP contribution is -2.35. The van der Waals surface area contributed by atoms with Gasteiger partial charge in [0, 0.05) is 6.04 Å². The molecular formula is C14H19N5O2S2. The van der Waals surface area contributed by atoms with Crippen LogP contribution >= 0.6 is 23.1 Å². The minimum atomic E-state index is -0.263. The summed E-state index contributed by atoms with van der Waals surface area (Å²) in [4.78, 5) is 24.4. The predicted molar refractivity (Wildman–Crippen MR) is 90.0 cm³/mol. The first-order chi connectivity index (χ1) is 11.1. The van der Waals surface area contributed by atoms with Gasteiger partial charge in [-0.3, -0.25) is 9.59 Å². The van der Waals surface area contributed by atoms with Crippen LogP contribution in [-0.4, -0.2) is 37.5 Å². The predicted octanol–water partition coefficient (Wildman–Crippen LogP) is 1.79. The van der Waals surface area contributed by atoms with Gasteiger partial charge in [0.1, 0.15) is 5.69 Å². The minimum Gasteiger partial charge on any atom is -0.353 e. The Morgan fingerprint density at radius 3 is 2.78 bits per heavy atom. The summed E-state index contributed by atoms with van der Waals surface area (Å²) in [5.74, 6) is 0.327. The minimum absolute atomic E-state index is 0.0239. The van der Waals surface area contributed by atoms with Gasteiger partial charge in [-0.2, -0.15) is 4.52 Å². The van der Waals surface area contributed by atoms with Crippen LogP contribution in [0.15, 0.2) is 9.13 Å². The summed E-state index contributed by atoms with van der Waals surface area (Å²) in [6, 6.07) is 0.303. The zero-order valence-corrected chi connectivity index (χ0v) is 14.6. The van der Waals surface area contributed by atoms with Gasteiger partial charge in [0.2, 0.25) is 10.9 Å². The number of aromatic nitrogens is 4. The van der Waals surface area contributed by atoms with Gasteiger partial charge >= 0.3 is 0 Å². The van der Waals surface area contributed by atoms with E-state index in [0.717, 1.165) is 12.8 Å². The Labute approximate surface area is 141 Å². The van der Waals surface area contributed by atoms with Crippen LogP contribution in [0.1, 0.15) is 44.2 Å². The number of thioether (sulfide) groups is 1. The lowest BCUT2D eigenvalue weighted by Gasteiger charge is -2.15. The highest BCUT2D eigenvalue weighted by atomic mass is 32.2. The summed E-state index contributed by atoms with van der Waals surface area (Å²) in [7, 11) is 0. The fourth-order valence-corrected chi connectivity index (χ4v) is 4.34. The number of fused-ring (bicyclic) bond motifs is 1. The number of nitrogens with zero attached hydrogens (tertiary/aromatic N) is 4. The van der Waals surface area contributed by atoms with Gasteiger partial charge in [-0.1, -0.05) is 48.8 Å². The van der Waals surface area contributed by atoms with Crippen molar-refractivity contribution in [3.05, 3.63) is 16.0 Å². The molecule has 0 aromatic carbocycles. The van der Waals surface area contributed by atoms with Crippen molar-refractivity contribution in [1.82, 2.24) is 25.1 Å². The fraction of sp³-hybridized carbons (Fsp3) is 0.643. The van der Waals surface area contributed by atoms with Gasteiger partial charge in [-0.15, -0.1) is 15.3 Å². The number of carbonyl (C=O) groups is 1. The van der Waals surface area contributed by atoms with Crippen LogP contribution in [0.5, 0.6) is 0 Å². The first-order valence-electron chi connectivity index (χ1n) is 7.79. The van der Waals surface area contributed by atoms with Gasteiger partial charge in [-0.05, 0) is 19.8 Å². The zero-order valence-electron chi connectivity index (χ0n) is 12.9. The normalized spacial score (nSPS) is 16.4. The molecule has 0 aliphatic heterocycles. The molecular weight excluding hydrogens is 334 g/mol. The summed E-state index contributed by atoms with van der Waals surface area (Å²) in [5, 5.41) is 15.1. The molecule has 7 nitrogen and oxygen atoms in total. The first kappa shape index (κ1) is 16.4. The van der Waals surface area contributed by atoms with E-state index in [4.69, 9.17) is 0 Å². The standard InChI is InChI=1S/C14H19N5O2S2/c1-9-12(21)19-13(17-16-9)23-14(18-19)22-8-11(20)15-10-6-4-2-3-5-7-10/h10H,2-8H2,1H3,(H,15,20). The third-order valence-electron chi connectivity index (χ3n) is 3.88. The second-order valence-electron chi connectivity index (χ2n) is 5.70. The molecule has 0 spiro atoms. The van der Waals surface area contributed by atoms with Crippen molar-refractivity contribution in [2.24, 2.45) is 0 Å². The van der Waals surface area contributed by atoms with Crippen LogP contribution in [0.2, 0.25) is 0 Å². The van der Waals surface area contributed by atoms with Crippen molar-refractivity contribution in [2.75, 3.05) is 5.75 Å². The number of amides is 1. The van der Waals surface area contributed by atoms with Gasteiger partial charge in [0.05, 0.1) is 5.75 Å². The number of nitrogens with one attached hydrogen (secondary N) is 1. The van der Waals surface area contributed by atoms with Gasteiger partial charge < -0.3 is 5.32 Å². The highest BCUT2D eigenvalue weighted by Gasteiger charge is 2.16. The maximum atomic E-state index is 12.1. The largest absolute Gasteiger partial charge is 0.353 e. The highest BCUT2D eigenvalue weighted by Crippen LogP contribution is 2.23. The quantitative estimate of drug-likeness (QED) is 0.666. The van der Waals surface area contributed by atoms with Crippen LogP contribution in [0.3, 0.4) is 0 Å². The van der Waals surface area contributed by atoms with Crippen LogP contribution in [-0.2, 0) is 4.79 Å². The third-order valence-corrected chi connectivity index (χ3v) is 5.91. The number of rotatable bonds is 4. The Bertz CT molecular complexity index is 749. The van der Waals surface area contributed by atoms with E-state index in [2.05, 4.69) is 20.6 Å². The number of hydrogen-bond acceptors (Lipinski definition) is 7. The van der Waals surface area contributed by atoms with E-state index in [9.17, 15) is 9.59 Å². The molecule has 1 aliphatic carbocycles. The van der Waals surface area contributed by atoms with E-state index < -0.39 is 0 Å². The van der Waals surface area contributed by atoms with E-state index in [0.29, 0.717) is 26.8 Å². The molecule has 124 valence electrons. The van der Waals surface area contributed by atoms with Crippen molar-refractivity contribution >= 4 is 34.0 Å². The molecule has 0 bridgehead atoms. The van der Waals surface area contributed by atoms with Crippen molar-refractivity contribution in [3.8, 4) is 0 Å². The molecule has 2 heterocycles. The molecule has 0 radical (unpaired) electrons. The molecule has 0 unspecified atom stereocenters. The fourth-order valence-electron chi connectivity index (χ4n) is 2.65. The van der Waals surface area contributed by atoms with Crippen LogP contribution in [0, 0.1) is 6.92 Å². The van der Waals surface area contributed by atoms with E-state index in [1.807, 2.05) is 0 Å². The average Bonchev–Trinajstić information content (AvgIpc) is 2.79.